The number of nitrogens with zero attached hydrogens (tertiary/aromatic N) is 1. The first-order valence-corrected chi connectivity index (χ1v) is 4.82. The zero-order valence-electron chi connectivity index (χ0n) is 9.42. The molecule has 0 saturated carbocycles. The molecule has 0 heterocycles. The van der Waals surface area contributed by atoms with E-state index in [0.717, 1.165) is 13.1 Å². The first-order valence-electron chi connectivity index (χ1n) is 4.82. The molecule has 1 unspecified atom stereocenters. The molecule has 0 aromatic carbocycles. The van der Waals surface area contributed by atoms with E-state index in [1.54, 1.807) is 6.92 Å². The molecule has 0 saturated heterocycles. The summed E-state index contributed by atoms with van der Waals surface area (Å²) in [7, 11) is 4.12. The highest BCUT2D eigenvalue weighted by Crippen LogP contribution is 2.10. The molecule has 0 bridgehead atoms. The van der Waals surface area contributed by atoms with Gasteiger partial charge in [-0.25, -0.2) is 0 Å². The van der Waals surface area contributed by atoms with Crippen molar-refractivity contribution in [2.75, 3.05) is 27.2 Å². The lowest BCUT2D eigenvalue weighted by atomic mass is 9.95. The van der Waals surface area contributed by atoms with Gasteiger partial charge in [0.15, 0.2) is 0 Å². The highest BCUT2D eigenvalue weighted by molar-refractivity contribution is 5.72. The molecule has 3 nitrogen and oxygen atoms in total. The molecular formula is C10H22N2O. The van der Waals surface area contributed by atoms with Crippen molar-refractivity contribution in [3.8, 4) is 0 Å². The van der Waals surface area contributed by atoms with Gasteiger partial charge >= 0.3 is 0 Å². The van der Waals surface area contributed by atoms with E-state index in [4.69, 9.17) is 0 Å². The van der Waals surface area contributed by atoms with Crippen molar-refractivity contribution < 1.29 is 4.79 Å². The molecule has 13 heavy (non-hydrogen) atoms. The molecule has 78 valence electrons. The van der Waals surface area contributed by atoms with Gasteiger partial charge in [-0.2, -0.15) is 0 Å². The average Bonchev–Trinajstić information content (AvgIpc) is 1.96. The van der Waals surface area contributed by atoms with E-state index < -0.39 is 0 Å². The van der Waals surface area contributed by atoms with Crippen LogP contribution in [0.2, 0.25) is 0 Å². The Morgan fingerprint density at radius 3 is 2.23 bits per heavy atom. The molecule has 0 radical (unpaired) electrons. The molecule has 3 heteroatoms. The highest BCUT2D eigenvalue weighted by Gasteiger charge is 2.14. The summed E-state index contributed by atoms with van der Waals surface area (Å²) in [5.41, 5.74) is 0. The Labute approximate surface area is 81.5 Å². The molecular weight excluding hydrogens is 164 g/mol. The standard InChI is InChI=1S/C10H22N2O/c1-8(2)10(7-12(4)5)6-11-9(3)13/h8,10H,6-7H2,1-5H3,(H,11,13). The van der Waals surface area contributed by atoms with E-state index in [2.05, 4.69) is 38.2 Å². The maximum absolute atomic E-state index is 10.7. The van der Waals surface area contributed by atoms with Crippen LogP contribution < -0.4 is 5.32 Å². The quantitative estimate of drug-likeness (QED) is 0.693. The lowest BCUT2D eigenvalue weighted by Crippen LogP contribution is -2.35. The van der Waals surface area contributed by atoms with Crippen molar-refractivity contribution in [3.63, 3.8) is 0 Å². The number of carbonyl (C=O) groups is 1. The van der Waals surface area contributed by atoms with Gasteiger partial charge in [0.1, 0.15) is 0 Å². The van der Waals surface area contributed by atoms with Gasteiger partial charge in [-0.1, -0.05) is 13.8 Å². The van der Waals surface area contributed by atoms with E-state index in [1.807, 2.05) is 0 Å². The van der Waals surface area contributed by atoms with Crippen LogP contribution in [0.5, 0.6) is 0 Å². The third-order valence-electron chi connectivity index (χ3n) is 2.16. The SMILES string of the molecule is CC(=O)NCC(CN(C)C)C(C)C. The van der Waals surface area contributed by atoms with Crippen LogP contribution in [0, 0.1) is 11.8 Å². The van der Waals surface area contributed by atoms with E-state index in [9.17, 15) is 4.79 Å². The largest absolute Gasteiger partial charge is 0.356 e. The Hall–Kier alpha value is -0.570. The van der Waals surface area contributed by atoms with Crippen LogP contribution in [0.25, 0.3) is 0 Å². The minimum Gasteiger partial charge on any atom is -0.356 e. The Bertz CT molecular complexity index is 155. The maximum Gasteiger partial charge on any atom is 0.216 e. The fourth-order valence-electron chi connectivity index (χ4n) is 1.25. The smallest absolute Gasteiger partial charge is 0.216 e. The molecule has 0 aliphatic carbocycles. The predicted molar refractivity (Wildman–Crippen MR) is 55.6 cm³/mol. The molecule has 0 aliphatic rings. The minimum absolute atomic E-state index is 0.0596. The summed E-state index contributed by atoms with van der Waals surface area (Å²) in [6.45, 7) is 7.75. The number of amides is 1. The van der Waals surface area contributed by atoms with Crippen LogP contribution in [0.1, 0.15) is 20.8 Å². The molecule has 0 aromatic rings. The van der Waals surface area contributed by atoms with Crippen LogP contribution in [-0.2, 0) is 4.79 Å². The van der Waals surface area contributed by atoms with Crippen LogP contribution in [0.15, 0.2) is 0 Å². The van der Waals surface area contributed by atoms with Crippen molar-refractivity contribution in [1.29, 1.82) is 0 Å². The molecule has 1 atom stereocenters. The Kier molecular flexibility index (Phi) is 5.71. The van der Waals surface area contributed by atoms with Crippen LogP contribution in [0.4, 0.5) is 0 Å². The summed E-state index contributed by atoms with van der Waals surface area (Å²) < 4.78 is 0. The topological polar surface area (TPSA) is 32.3 Å². The summed E-state index contributed by atoms with van der Waals surface area (Å²) in [4.78, 5) is 12.9. The van der Waals surface area contributed by atoms with Crippen molar-refractivity contribution in [2.45, 2.75) is 20.8 Å². The van der Waals surface area contributed by atoms with Gasteiger partial charge in [-0.3, -0.25) is 4.79 Å². The second kappa shape index (κ2) is 5.97. The van der Waals surface area contributed by atoms with Gasteiger partial charge in [0.05, 0.1) is 0 Å². The molecule has 0 spiro atoms. The molecule has 0 rings (SSSR count). The van der Waals surface area contributed by atoms with Crippen molar-refractivity contribution in [2.24, 2.45) is 11.8 Å². The second-order valence-electron chi connectivity index (χ2n) is 4.20. The van der Waals surface area contributed by atoms with Crippen LogP contribution >= 0.6 is 0 Å². The van der Waals surface area contributed by atoms with Crippen LogP contribution in [-0.4, -0.2) is 38.0 Å². The van der Waals surface area contributed by atoms with E-state index in [-0.39, 0.29) is 5.91 Å². The highest BCUT2D eigenvalue weighted by atomic mass is 16.1. The van der Waals surface area contributed by atoms with Crippen molar-refractivity contribution >= 4 is 5.91 Å². The number of nitrogens with one attached hydrogen (secondary N) is 1. The summed E-state index contributed by atoms with van der Waals surface area (Å²) in [6, 6.07) is 0. The summed E-state index contributed by atoms with van der Waals surface area (Å²) in [5.74, 6) is 1.21. The summed E-state index contributed by atoms with van der Waals surface area (Å²) in [6.07, 6.45) is 0. The van der Waals surface area contributed by atoms with E-state index >= 15 is 0 Å². The maximum atomic E-state index is 10.7. The molecule has 1 amide bonds. The van der Waals surface area contributed by atoms with Crippen molar-refractivity contribution in [1.82, 2.24) is 10.2 Å². The van der Waals surface area contributed by atoms with Gasteiger partial charge in [-0.05, 0) is 25.9 Å². The minimum atomic E-state index is 0.0596. The third-order valence-corrected chi connectivity index (χ3v) is 2.16. The van der Waals surface area contributed by atoms with Gasteiger partial charge in [0.25, 0.3) is 0 Å². The summed E-state index contributed by atoms with van der Waals surface area (Å²) >= 11 is 0. The van der Waals surface area contributed by atoms with Gasteiger partial charge in [-0.15, -0.1) is 0 Å². The Morgan fingerprint density at radius 1 is 1.38 bits per heavy atom. The normalized spacial score (nSPS) is 13.5. The Morgan fingerprint density at radius 2 is 1.92 bits per heavy atom. The monoisotopic (exact) mass is 186 g/mol. The zero-order chi connectivity index (χ0) is 10.4. The van der Waals surface area contributed by atoms with Crippen molar-refractivity contribution in [3.05, 3.63) is 0 Å². The average molecular weight is 186 g/mol. The predicted octanol–water partition coefficient (Wildman–Crippen LogP) is 0.956. The number of carbonyl (C=O) groups excluding carboxylic acids is 1. The molecule has 0 aliphatic heterocycles. The first kappa shape index (κ1) is 12.4. The first-order chi connectivity index (χ1) is 5.93. The molecule has 0 aromatic heterocycles. The number of rotatable bonds is 5. The van der Waals surface area contributed by atoms with Gasteiger partial charge < -0.3 is 10.2 Å². The summed E-state index contributed by atoms with van der Waals surface area (Å²) in [5, 5.41) is 2.87. The lowest BCUT2D eigenvalue weighted by Gasteiger charge is -2.24. The van der Waals surface area contributed by atoms with E-state index in [1.165, 1.54) is 0 Å². The zero-order valence-corrected chi connectivity index (χ0v) is 9.42. The second-order valence-corrected chi connectivity index (χ2v) is 4.20. The number of hydrogen-bond acceptors (Lipinski definition) is 2. The Balaban J connectivity index is 3.87. The molecule has 1 N–H and O–H groups in total. The fraction of sp³-hybridized carbons (Fsp3) is 0.900. The van der Waals surface area contributed by atoms with Crippen LogP contribution in [0.3, 0.4) is 0 Å². The van der Waals surface area contributed by atoms with E-state index in [0.29, 0.717) is 11.8 Å². The van der Waals surface area contributed by atoms with Gasteiger partial charge in [0, 0.05) is 20.0 Å². The molecule has 0 fully saturated rings. The van der Waals surface area contributed by atoms with Gasteiger partial charge in [0.2, 0.25) is 5.91 Å². The third kappa shape index (κ3) is 6.58. The number of hydrogen-bond donors (Lipinski definition) is 1. The fourth-order valence-corrected chi connectivity index (χ4v) is 1.25. The lowest BCUT2D eigenvalue weighted by molar-refractivity contribution is -0.119.